The first-order valence-corrected chi connectivity index (χ1v) is 4.70. The zero-order valence-electron chi connectivity index (χ0n) is 9.51. The minimum absolute atomic E-state index is 0.0166. The Labute approximate surface area is 85.0 Å². The van der Waals surface area contributed by atoms with E-state index in [2.05, 4.69) is 10.1 Å². The lowest BCUT2D eigenvalue weighted by atomic mass is 9.83. The zero-order chi connectivity index (χ0) is 11.4. The lowest BCUT2D eigenvalue weighted by molar-refractivity contribution is -0.123. The van der Waals surface area contributed by atoms with Crippen LogP contribution in [0, 0.1) is 5.41 Å². The van der Waals surface area contributed by atoms with Gasteiger partial charge in [0, 0.05) is 6.42 Å². The van der Waals surface area contributed by atoms with E-state index in [9.17, 15) is 9.59 Å². The summed E-state index contributed by atoms with van der Waals surface area (Å²) in [6.45, 7) is 7.49. The molecule has 0 heterocycles. The minimum atomic E-state index is -0.563. The molecule has 0 aromatic rings. The molecule has 14 heavy (non-hydrogen) atoms. The summed E-state index contributed by atoms with van der Waals surface area (Å²) in [6.07, 6.45) is -0.155. The maximum atomic E-state index is 11.5. The fourth-order valence-electron chi connectivity index (χ4n) is 1.16. The van der Waals surface area contributed by atoms with E-state index in [0.717, 1.165) is 0 Å². The number of nitrogens with one attached hydrogen (secondary N) is 1. The van der Waals surface area contributed by atoms with Crippen molar-refractivity contribution in [1.29, 1.82) is 0 Å². The molecule has 82 valence electrons. The third-order valence-corrected chi connectivity index (χ3v) is 1.98. The van der Waals surface area contributed by atoms with Gasteiger partial charge in [-0.15, -0.1) is 0 Å². The number of rotatable bonds is 3. The van der Waals surface area contributed by atoms with Gasteiger partial charge >= 0.3 is 6.09 Å². The van der Waals surface area contributed by atoms with Crippen molar-refractivity contribution in [1.82, 2.24) is 5.32 Å². The Morgan fingerprint density at radius 1 is 1.36 bits per heavy atom. The normalized spacial score (nSPS) is 13.2. The van der Waals surface area contributed by atoms with Gasteiger partial charge < -0.3 is 10.1 Å². The molecule has 0 rings (SSSR count). The molecule has 0 saturated carbocycles. The van der Waals surface area contributed by atoms with E-state index < -0.39 is 12.1 Å². The summed E-state index contributed by atoms with van der Waals surface area (Å²) < 4.78 is 4.47. The molecule has 4 nitrogen and oxygen atoms in total. The van der Waals surface area contributed by atoms with Gasteiger partial charge in [0.05, 0.1) is 13.2 Å². The van der Waals surface area contributed by atoms with Gasteiger partial charge in [-0.1, -0.05) is 27.7 Å². The molecule has 1 amide bonds. The van der Waals surface area contributed by atoms with Crippen LogP contribution in [0.25, 0.3) is 0 Å². The fourth-order valence-corrected chi connectivity index (χ4v) is 1.16. The van der Waals surface area contributed by atoms with Crippen LogP contribution in [0.15, 0.2) is 0 Å². The first-order valence-electron chi connectivity index (χ1n) is 4.70. The molecule has 0 aliphatic carbocycles. The number of carbonyl (C=O) groups is 2. The number of ketones is 1. The smallest absolute Gasteiger partial charge is 0.407 e. The van der Waals surface area contributed by atoms with Crippen molar-refractivity contribution in [3.63, 3.8) is 0 Å². The quantitative estimate of drug-likeness (QED) is 0.756. The number of alkyl carbamates (subject to hydrolysis) is 1. The minimum Gasteiger partial charge on any atom is -0.453 e. The highest BCUT2D eigenvalue weighted by molar-refractivity contribution is 5.87. The lowest BCUT2D eigenvalue weighted by Crippen LogP contribution is -2.48. The van der Waals surface area contributed by atoms with Crippen molar-refractivity contribution >= 4 is 11.9 Å². The molecule has 0 aliphatic heterocycles. The van der Waals surface area contributed by atoms with E-state index in [4.69, 9.17) is 0 Å². The monoisotopic (exact) mass is 201 g/mol. The van der Waals surface area contributed by atoms with Gasteiger partial charge in [0.2, 0.25) is 0 Å². The van der Waals surface area contributed by atoms with E-state index in [1.807, 2.05) is 20.8 Å². The van der Waals surface area contributed by atoms with Crippen LogP contribution in [-0.4, -0.2) is 25.0 Å². The summed E-state index contributed by atoms with van der Waals surface area (Å²) in [7, 11) is 1.28. The number of carbonyl (C=O) groups excluding carboxylic acids is 2. The third-order valence-electron chi connectivity index (χ3n) is 1.98. The number of Topliss-reactive ketones (excluding diaryl/α,β-unsaturated/α-hetero) is 1. The molecule has 0 aliphatic rings. The van der Waals surface area contributed by atoms with Crippen molar-refractivity contribution in [2.45, 2.75) is 40.2 Å². The Kier molecular flexibility index (Phi) is 4.60. The summed E-state index contributed by atoms with van der Waals surface area (Å²) in [5.41, 5.74) is -0.290. The first-order chi connectivity index (χ1) is 6.32. The Hall–Kier alpha value is -1.06. The van der Waals surface area contributed by atoms with Crippen molar-refractivity contribution < 1.29 is 14.3 Å². The van der Waals surface area contributed by atoms with E-state index in [-0.39, 0.29) is 11.2 Å². The molecule has 0 bridgehead atoms. The van der Waals surface area contributed by atoms with Gasteiger partial charge in [0.25, 0.3) is 0 Å². The Balaban J connectivity index is 4.58. The number of amides is 1. The number of hydrogen-bond acceptors (Lipinski definition) is 3. The van der Waals surface area contributed by atoms with Gasteiger partial charge in [-0.05, 0) is 5.41 Å². The number of methoxy groups -OCH3 is 1. The summed E-state index contributed by atoms with van der Waals surface area (Å²) in [4.78, 5) is 22.5. The predicted octanol–water partition coefficient (Wildman–Crippen LogP) is 1.74. The second-order valence-corrected chi connectivity index (χ2v) is 4.25. The van der Waals surface area contributed by atoms with Crippen molar-refractivity contribution in [3.8, 4) is 0 Å². The van der Waals surface area contributed by atoms with Crippen LogP contribution in [0.1, 0.15) is 34.1 Å². The average Bonchev–Trinajstić information content (AvgIpc) is 2.10. The van der Waals surface area contributed by atoms with E-state index in [1.165, 1.54) is 7.11 Å². The fraction of sp³-hybridized carbons (Fsp3) is 0.800. The average molecular weight is 201 g/mol. The predicted molar refractivity (Wildman–Crippen MR) is 54.1 cm³/mol. The van der Waals surface area contributed by atoms with Crippen LogP contribution in [0.3, 0.4) is 0 Å². The maximum absolute atomic E-state index is 11.5. The molecule has 4 heteroatoms. The van der Waals surface area contributed by atoms with E-state index in [1.54, 1.807) is 6.92 Å². The zero-order valence-corrected chi connectivity index (χ0v) is 9.51. The molecule has 1 atom stereocenters. The van der Waals surface area contributed by atoms with Gasteiger partial charge in [-0.25, -0.2) is 4.79 Å². The molecule has 0 spiro atoms. The van der Waals surface area contributed by atoms with Crippen molar-refractivity contribution in [2.75, 3.05) is 7.11 Å². The molecule has 0 radical (unpaired) electrons. The van der Waals surface area contributed by atoms with Gasteiger partial charge in [-0.2, -0.15) is 0 Å². The van der Waals surface area contributed by atoms with Gasteiger partial charge in [0.1, 0.15) is 0 Å². The van der Waals surface area contributed by atoms with Crippen molar-refractivity contribution in [2.24, 2.45) is 5.41 Å². The number of hydrogen-bond donors (Lipinski definition) is 1. The van der Waals surface area contributed by atoms with Gasteiger partial charge in [-0.3, -0.25) is 4.79 Å². The van der Waals surface area contributed by atoms with Crippen LogP contribution in [0.2, 0.25) is 0 Å². The molecular formula is C10H19NO3. The van der Waals surface area contributed by atoms with Crippen LogP contribution in [-0.2, 0) is 9.53 Å². The highest BCUT2D eigenvalue weighted by Crippen LogP contribution is 2.20. The van der Waals surface area contributed by atoms with Gasteiger partial charge in [0.15, 0.2) is 5.78 Å². The van der Waals surface area contributed by atoms with Crippen LogP contribution in [0.4, 0.5) is 4.79 Å². The molecule has 0 fully saturated rings. The lowest BCUT2D eigenvalue weighted by Gasteiger charge is -2.29. The summed E-state index contributed by atoms with van der Waals surface area (Å²) in [6, 6.07) is -0.486. The SMILES string of the molecule is CCC(=O)[C@@H](NC(=O)OC)C(C)(C)C. The largest absolute Gasteiger partial charge is 0.453 e. The highest BCUT2D eigenvalue weighted by Gasteiger charge is 2.31. The van der Waals surface area contributed by atoms with E-state index >= 15 is 0 Å². The standard InChI is InChI=1S/C10H19NO3/c1-6-7(12)8(10(2,3)4)11-9(13)14-5/h8H,6H2,1-5H3,(H,11,13)/t8-/m1/s1. The first kappa shape index (κ1) is 12.9. The number of ether oxygens (including phenoxy) is 1. The Morgan fingerprint density at radius 3 is 2.14 bits per heavy atom. The second kappa shape index (κ2) is 4.98. The molecule has 0 unspecified atom stereocenters. The maximum Gasteiger partial charge on any atom is 0.407 e. The molecule has 0 aromatic carbocycles. The van der Waals surface area contributed by atoms with Crippen molar-refractivity contribution in [3.05, 3.63) is 0 Å². The topological polar surface area (TPSA) is 55.4 Å². The van der Waals surface area contributed by atoms with Crippen LogP contribution >= 0.6 is 0 Å². The summed E-state index contributed by atoms with van der Waals surface area (Å²) in [5.74, 6) is 0.0166. The summed E-state index contributed by atoms with van der Waals surface area (Å²) >= 11 is 0. The van der Waals surface area contributed by atoms with Crippen LogP contribution < -0.4 is 5.32 Å². The highest BCUT2D eigenvalue weighted by atomic mass is 16.5. The Bertz CT molecular complexity index is 218. The van der Waals surface area contributed by atoms with Crippen LogP contribution in [0.5, 0.6) is 0 Å². The Morgan fingerprint density at radius 2 is 1.86 bits per heavy atom. The molecule has 1 N–H and O–H groups in total. The molecular weight excluding hydrogens is 182 g/mol. The molecule has 0 saturated heterocycles. The third kappa shape index (κ3) is 3.77. The molecule has 0 aromatic heterocycles. The summed E-state index contributed by atoms with van der Waals surface area (Å²) in [5, 5.41) is 2.55. The second-order valence-electron chi connectivity index (χ2n) is 4.25. The van der Waals surface area contributed by atoms with E-state index in [0.29, 0.717) is 6.42 Å².